The van der Waals surface area contributed by atoms with Gasteiger partial charge in [-0.3, -0.25) is 0 Å². The van der Waals surface area contributed by atoms with Crippen molar-refractivity contribution in [3.05, 3.63) is 65.7 Å². The number of nitrogens with two attached hydrogens (primary N) is 1. The first-order chi connectivity index (χ1) is 11.3. The van der Waals surface area contributed by atoms with Gasteiger partial charge in [0.2, 0.25) is 0 Å². The van der Waals surface area contributed by atoms with Crippen molar-refractivity contribution in [2.45, 2.75) is 38.7 Å². The highest BCUT2D eigenvalue weighted by molar-refractivity contribution is 5.67. The molecule has 0 radical (unpaired) electrons. The Labute approximate surface area is 144 Å². The van der Waals surface area contributed by atoms with Crippen LogP contribution in [0.3, 0.4) is 0 Å². The third-order valence-electron chi connectivity index (χ3n) is 3.62. The van der Waals surface area contributed by atoms with E-state index in [1.165, 1.54) is 5.56 Å². The molecule has 4 heteroatoms. The fourth-order valence-corrected chi connectivity index (χ4v) is 2.62. The van der Waals surface area contributed by atoms with Crippen molar-refractivity contribution in [2.24, 2.45) is 0 Å². The number of benzene rings is 2. The number of anilines is 1. The lowest BCUT2D eigenvalue weighted by molar-refractivity contribution is 0.0527. The van der Waals surface area contributed by atoms with Crippen LogP contribution in [0.25, 0.3) is 0 Å². The highest BCUT2D eigenvalue weighted by Gasteiger charge is 2.18. The lowest BCUT2D eigenvalue weighted by Crippen LogP contribution is -2.33. The number of carbonyl (C=O) groups excluding carboxylic acids is 1. The van der Waals surface area contributed by atoms with Gasteiger partial charge in [-0.15, -0.1) is 0 Å². The maximum absolute atomic E-state index is 11.8. The molecule has 0 aromatic heterocycles. The Balaban J connectivity index is 2.06. The molecule has 2 rings (SSSR count). The predicted molar refractivity (Wildman–Crippen MR) is 98.0 cm³/mol. The number of amides is 1. The van der Waals surface area contributed by atoms with Crippen LogP contribution in [-0.2, 0) is 4.74 Å². The van der Waals surface area contributed by atoms with Gasteiger partial charge in [0.15, 0.2) is 0 Å². The van der Waals surface area contributed by atoms with E-state index in [1.807, 2.05) is 57.2 Å². The van der Waals surface area contributed by atoms with E-state index in [4.69, 9.17) is 10.5 Å². The van der Waals surface area contributed by atoms with Gasteiger partial charge in [-0.05, 0) is 50.5 Å². The number of carbonyl (C=O) groups is 1. The molecule has 0 spiro atoms. The number of hydrogen-bond donors (Lipinski definition) is 2. The van der Waals surface area contributed by atoms with Crippen LogP contribution >= 0.6 is 0 Å². The van der Waals surface area contributed by atoms with Crippen molar-refractivity contribution < 1.29 is 9.53 Å². The third kappa shape index (κ3) is 5.61. The van der Waals surface area contributed by atoms with Crippen LogP contribution in [0.5, 0.6) is 0 Å². The summed E-state index contributed by atoms with van der Waals surface area (Å²) in [4.78, 5) is 11.8. The van der Waals surface area contributed by atoms with Crippen LogP contribution in [0.4, 0.5) is 10.5 Å². The lowest BCUT2D eigenvalue weighted by atomic mass is 9.88. The van der Waals surface area contributed by atoms with Gasteiger partial charge in [-0.2, -0.15) is 0 Å². The van der Waals surface area contributed by atoms with Gasteiger partial charge in [0.1, 0.15) is 5.60 Å². The molecule has 24 heavy (non-hydrogen) atoms. The predicted octanol–water partition coefficient (Wildman–Crippen LogP) is 4.32. The van der Waals surface area contributed by atoms with Crippen molar-refractivity contribution in [1.29, 1.82) is 0 Å². The molecule has 0 heterocycles. The molecule has 0 saturated heterocycles. The second kappa shape index (κ2) is 7.86. The Kier molecular flexibility index (Phi) is 5.85. The molecule has 1 unspecified atom stereocenters. The Hall–Kier alpha value is -2.49. The van der Waals surface area contributed by atoms with Crippen molar-refractivity contribution >= 4 is 11.8 Å². The smallest absolute Gasteiger partial charge is 0.407 e. The maximum Gasteiger partial charge on any atom is 0.407 e. The average Bonchev–Trinajstić information content (AvgIpc) is 2.50. The summed E-state index contributed by atoms with van der Waals surface area (Å²) in [5.74, 6) is 0.171. The minimum absolute atomic E-state index is 0.171. The molecule has 1 amide bonds. The topological polar surface area (TPSA) is 64.3 Å². The molecule has 0 aliphatic carbocycles. The third-order valence-corrected chi connectivity index (χ3v) is 3.62. The van der Waals surface area contributed by atoms with E-state index in [2.05, 4.69) is 23.5 Å². The zero-order valence-electron chi connectivity index (χ0n) is 14.6. The SMILES string of the molecule is CC(C)(C)OC(=O)NCCC(c1ccccc1)c1cccc(N)c1. The summed E-state index contributed by atoms with van der Waals surface area (Å²) in [5, 5.41) is 2.83. The van der Waals surface area contributed by atoms with E-state index in [0.29, 0.717) is 6.54 Å². The van der Waals surface area contributed by atoms with Crippen LogP contribution in [0.2, 0.25) is 0 Å². The first-order valence-electron chi connectivity index (χ1n) is 8.22. The van der Waals surface area contributed by atoms with Gasteiger partial charge in [0, 0.05) is 18.2 Å². The summed E-state index contributed by atoms with van der Waals surface area (Å²) in [5.41, 5.74) is 8.53. The first kappa shape index (κ1) is 17.9. The average molecular weight is 326 g/mol. The number of alkyl carbamates (subject to hydrolysis) is 1. The normalized spacial score (nSPS) is 12.5. The minimum atomic E-state index is -0.489. The molecule has 0 fully saturated rings. The molecule has 0 saturated carbocycles. The van der Waals surface area contributed by atoms with Crippen LogP contribution in [-0.4, -0.2) is 18.2 Å². The second-order valence-electron chi connectivity index (χ2n) is 6.85. The number of nitrogen functional groups attached to an aromatic ring is 1. The highest BCUT2D eigenvalue weighted by atomic mass is 16.6. The highest BCUT2D eigenvalue weighted by Crippen LogP contribution is 2.28. The molecular weight excluding hydrogens is 300 g/mol. The summed E-state index contributed by atoms with van der Waals surface area (Å²) in [7, 11) is 0. The van der Waals surface area contributed by atoms with E-state index in [1.54, 1.807) is 0 Å². The molecule has 2 aromatic carbocycles. The molecule has 3 N–H and O–H groups in total. The monoisotopic (exact) mass is 326 g/mol. The molecule has 0 aliphatic heterocycles. The summed E-state index contributed by atoms with van der Waals surface area (Å²) in [6.45, 7) is 6.09. The van der Waals surface area contributed by atoms with E-state index < -0.39 is 5.60 Å². The van der Waals surface area contributed by atoms with E-state index in [9.17, 15) is 4.79 Å². The Morgan fingerprint density at radius 3 is 2.38 bits per heavy atom. The molecule has 4 nitrogen and oxygen atoms in total. The molecule has 128 valence electrons. The Morgan fingerprint density at radius 2 is 1.75 bits per heavy atom. The second-order valence-corrected chi connectivity index (χ2v) is 6.85. The van der Waals surface area contributed by atoms with E-state index >= 15 is 0 Å². The van der Waals surface area contributed by atoms with Crippen LogP contribution in [0, 0.1) is 0 Å². The molecule has 0 aliphatic rings. The zero-order chi connectivity index (χ0) is 17.6. The maximum atomic E-state index is 11.8. The summed E-state index contributed by atoms with van der Waals surface area (Å²) in [6.07, 6.45) is 0.383. The number of rotatable bonds is 5. The van der Waals surface area contributed by atoms with Crippen molar-refractivity contribution in [2.75, 3.05) is 12.3 Å². The van der Waals surface area contributed by atoms with Crippen LogP contribution in [0.1, 0.15) is 44.2 Å². The largest absolute Gasteiger partial charge is 0.444 e. The van der Waals surface area contributed by atoms with Gasteiger partial charge >= 0.3 is 6.09 Å². The first-order valence-corrected chi connectivity index (χ1v) is 8.22. The number of ether oxygens (including phenoxy) is 1. The minimum Gasteiger partial charge on any atom is -0.444 e. The molecule has 0 bridgehead atoms. The fourth-order valence-electron chi connectivity index (χ4n) is 2.62. The quantitative estimate of drug-likeness (QED) is 0.804. The molecule has 1 atom stereocenters. The van der Waals surface area contributed by atoms with Gasteiger partial charge in [-0.25, -0.2) is 4.79 Å². The summed E-state index contributed by atoms with van der Waals surface area (Å²) >= 11 is 0. The fraction of sp³-hybridized carbons (Fsp3) is 0.350. The van der Waals surface area contributed by atoms with E-state index in [-0.39, 0.29) is 12.0 Å². The van der Waals surface area contributed by atoms with Crippen molar-refractivity contribution in [1.82, 2.24) is 5.32 Å². The van der Waals surface area contributed by atoms with Gasteiger partial charge in [0.05, 0.1) is 0 Å². The number of nitrogens with one attached hydrogen (secondary N) is 1. The van der Waals surface area contributed by atoms with Crippen LogP contribution < -0.4 is 11.1 Å². The molecule has 2 aromatic rings. The van der Waals surface area contributed by atoms with Gasteiger partial charge < -0.3 is 15.8 Å². The standard InChI is InChI=1S/C20H26N2O2/c1-20(2,3)24-19(23)22-13-12-18(15-8-5-4-6-9-15)16-10-7-11-17(21)14-16/h4-11,14,18H,12-13,21H2,1-3H3,(H,22,23). The zero-order valence-corrected chi connectivity index (χ0v) is 14.6. The van der Waals surface area contributed by atoms with Crippen LogP contribution in [0.15, 0.2) is 54.6 Å². The van der Waals surface area contributed by atoms with Gasteiger partial charge in [0.25, 0.3) is 0 Å². The van der Waals surface area contributed by atoms with Crippen molar-refractivity contribution in [3.63, 3.8) is 0 Å². The Bertz CT molecular complexity index is 663. The van der Waals surface area contributed by atoms with E-state index in [0.717, 1.165) is 17.7 Å². The Morgan fingerprint density at radius 1 is 1.08 bits per heavy atom. The summed E-state index contributed by atoms with van der Waals surface area (Å²) < 4.78 is 5.28. The van der Waals surface area contributed by atoms with Crippen molar-refractivity contribution in [3.8, 4) is 0 Å². The summed E-state index contributed by atoms with van der Waals surface area (Å²) in [6, 6.07) is 18.1. The molecular formula is C20H26N2O2. The number of hydrogen-bond acceptors (Lipinski definition) is 3. The lowest BCUT2D eigenvalue weighted by Gasteiger charge is -2.21. The van der Waals surface area contributed by atoms with Gasteiger partial charge in [-0.1, -0.05) is 42.5 Å².